The Labute approximate surface area is 226 Å². The number of esters is 2. The van der Waals surface area contributed by atoms with E-state index in [0.717, 1.165) is 18.4 Å². The van der Waals surface area contributed by atoms with Crippen molar-refractivity contribution in [1.29, 1.82) is 0 Å². The lowest BCUT2D eigenvalue weighted by atomic mass is 9.65. The molecule has 1 aliphatic rings. The first kappa shape index (κ1) is 30.7. The molecule has 0 saturated carbocycles. The highest BCUT2D eigenvalue weighted by Crippen LogP contribution is 2.46. The Hall–Kier alpha value is -3.54. The van der Waals surface area contributed by atoms with Crippen molar-refractivity contribution < 1.29 is 28.7 Å². The van der Waals surface area contributed by atoms with E-state index in [1.165, 1.54) is 24.8 Å². The van der Waals surface area contributed by atoms with Crippen molar-refractivity contribution in [1.82, 2.24) is 0 Å². The van der Waals surface area contributed by atoms with Gasteiger partial charge in [-0.15, -0.1) is 0 Å². The van der Waals surface area contributed by atoms with Crippen molar-refractivity contribution >= 4 is 23.5 Å². The van der Waals surface area contributed by atoms with Crippen molar-refractivity contribution in [2.45, 2.75) is 67.2 Å². The van der Waals surface area contributed by atoms with Gasteiger partial charge in [0.15, 0.2) is 5.78 Å². The molecule has 0 fully saturated rings. The van der Waals surface area contributed by atoms with Crippen molar-refractivity contribution in [3.8, 4) is 0 Å². The van der Waals surface area contributed by atoms with Gasteiger partial charge in [-0.05, 0) is 83.4 Å². The number of carbonyl (C=O) groups excluding carboxylic acids is 4. The molecule has 0 aromatic heterocycles. The predicted molar refractivity (Wildman–Crippen MR) is 148 cm³/mol. The summed E-state index contributed by atoms with van der Waals surface area (Å²) in [5.41, 5.74) is 2.39. The third-order valence-corrected chi connectivity index (χ3v) is 6.73. The van der Waals surface area contributed by atoms with Gasteiger partial charge in [-0.2, -0.15) is 0 Å². The highest BCUT2D eigenvalue weighted by atomic mass is 16.5. The van der Waals surface area contributed by atoms with Crippen LogP contribution in [0.5, 0.6) is 0 Å². The number of hydrogen-bond donors (Lipinski definition) is 0. The zero-order chi connectivity index (χ0) is 28.3. The molecule has 204 valence electrons. The highest BCUT2D eigenvalue weighted by molar-refractivity contribution is 6.00. The Kier molecular flexibility index (Phi) is 11.6. The number of ketones is 2. The van der Waals surface area contributed by atoms with Crippen LogP contribution in [0.15, 0.2) is 77.6 Å². The van der Waals surface area contributed by atoms with E-state index in [2.05, 4.69) is 13.0 Å². The van der Waals surface area contributed by atoms with Crippen LogP contribution in [0.2, 0.25) is 0 Å². The monoisotopic (exact) mass is 520 g/mol. The molecule has 0 N–H and O–H groups in total. The molecule has 0 heterocycles. The number of allylic oxidation sites excluding steroid dienone is 5. The molecule has 0 bridgehead atoms. The molecule has 2 rings (SSSR count). The molecule has 1 aromatic rings. The Morgan fingerprint density at radius 2 is 1.71 bits per heavy atom. The van der Waals surface area contributed by atoms with Gasteiger partial charge in [0, 0.05) is 24.0 Å². The number of rotatable bonds is 11. The summed E-state index contributed by atoms with van der Waals surface area (Å²) in [5, 5.41) is 0. The van der Waals surface area contributed by atoms with E-state index < -0.39 is 23.3 Å². The number of hydrogen-bond acceptors (Lipinski definition) is 6. The normalized spacial score (nSPS) is 21.2. The third kappa shape index (κ3) is 9.40. The lowest BCUT2D eigenvalue weighted by Crippen LogP contribution is -2.35. The average Bonchev–Trinajstić information content (AvgIpc) is 2.93. The Morgan fingerprint density at radius 1 is 1.03 bits per heavy atom. The molecule has 6 nitrogen and oxygen atoms in total. The van der Waals surface area contributed by atoms with E-state index in [9.17, 15) is 19.2 Å². The molecule has 3 atom stereocenters. The zero-order valence-electron chi connectivity index (χ0n) is 23.4. The summed E-state index contributed by atoms with van der Waals surface area (Å²) in [6.07, 6.45) is 10.6. The second-order valence-electron chi connectivity index (χ2n) is 10.7. The molecule has 1 aliphatic carbocycles. The van der Waals surface area contributed by atoms with Crippen LogP contribution < -0.4 is 0 Å². The van der Waals surface area contributed by atoms with Crippen LogP contribution in [0.3, 0.4) is 0 Å². The SMILES string of the molecule is CC(=O)C[C@@H]1C(=O)C(COC(=O)c2ccccc2)=CC[C@](C)(CCC=C(C)C)[C@H]1/C=C/OC(=O)C=C(C)C. The maximum absolute atomic E-state index is 13.8. The predicted octanol–water partition coefficient (Wildman–Crippen LogP) is 6.73. The molecule has 0 unspecified atom stereocenters. The van der Waals surface area contributed by atoms with Gasteiger partial charge < -0.3 is 14.3 Å². The molecule has 6 heteroatoms. The van der Waals surface area contributed by atoms with Crippen LogP contribution >= 0.6 is 0 Å². The summed E-state index contributed by atoms with van der Waals surface area (Å²) in [6, 6.07) is 8.61. The van der Waals surface area contributed by atoms with Gasteiger partial charge in [-0.25, -0.2) is 9.59 Å². The minimum atomic E-state index is -0.674. The molecular formula is C32H40O6. The lowest BCUT2D eigenvalue weighted by molar-refractivity contribution is -0.132. The summed E-state index contributed by atoms with van der Waals surface area (Å²) in [5.74, 6) is -2.40. The molecule has 0 radical (unpaired) electrons. The summed E-state index contributed by atoms with van der Waals surface area (Å²) in [7, 11) is 0. The van der Waals surface area contributed by atoms with E-state index in [0.29, 0.717) is 17.6 Å². The molecule has 0 saturated heterocycles. The van der Waals surface area contributed by atoms with Gasteiger partial charge in [0.2, 0.25) is 0 Å². The first-order valence-electron chi connectivity index (χ1n) is 13.0. The Balaban J connectivity index is 2.40. The smallest absolute Gasteiger partial charge is 0.338 e. The average molecular weight is 521 g/mol. The number of carbonyl (C=O) groups is 4. The molecular weight excluding hydrogens is 480 g/mol. The van der Waals surface area contributed by atoms with Crippen LogP contribution in [0.4, 0.5) is 0 Å². The second kappa shape index (κ2) is 14.4. The number of ether oxygens (including phenoxy) is 2. The van der Waals surface area contributed by atoms with Gasteiger partial charge in [-0.1, -0.05) is 48.4 Å². The topological polar surface area (TPSA) is 86.7 Å². The van der Waals surface area contributed by atoms with Gasteiger partial charge in [0.1, 0.15) is 12.4 Å². The fourth-order valence-corrected chi connectivity index (χ4v) is 4.73. The van der Waals surface area contributed by atoms with Gasteiger partial charge in [0.05, 0.1) is 11.8 Å². The van der Waals surface area contributed by atoms with E-state index in [-0.39, 0.29) is 30.5 Å². The molecule has 0 aliphatic heterocycles. The number of benzene rings is 1. The lowest BCUT2D eigenvalue weighted by Gasteiger charge is -2.38. The fraction of sp³-hybridized carbons (Fsp3) is 0.438. The molecule has 38 heavy (non-hydrogen) atoms. The summed E-state index contributed by atoms with van der Waals surface area (Å²) in [4.78, 5) is 50.7. The van der Waals surface area contributed by atoms with Crippen molar-refractivity contribution in [2.24, 2.45) is 17.3 Å². The van der Waals surface area contributed by atoms with Gasteiger partial charge >= 0.3 is 11.9 Å². The fourth-order valence-electron chi connectivity index (χ4n) is 4.73. The number of Topliss-reactive ketones (excluding diaryl/α,β-unsaturated/α-hetero) is 2. The minimum absolute atomic E-state index is 0.0396. The summed E-state index contributed by atoms with van der Waals surface area (Å²) < 4.78 is 10.8. The first-order chi connectivity index (χ1) is 17.9. The van der Waals surface area contributed by atoms with Crippen molar-refractivity contribution in [3.05, 3.63) is 83.2 Å². The van der Waals surface area contributed by atoms with Gasteiger partial charge in [-0.3, -0.25) is 4.79 Å². The zero-order valence-corrected chi connectivity index (χ0v) is 23.4. The van der Waals surface area contributed by atoms with Crippen LogP contribution in [0.1, 0.15) is 77.6 Å². The minimum Gasteiger partial charge on any atom is -0.457 e. The summed E-state index contributed by atoms with van der Waals surface area (Å²) >= 11 is 0. The standard InChI is InChI=1S/C32H40O6/c1-22(2)11-10-16-32(6)17-14-26(21-38-31(36)25-12-8-7-9-13-25)30(35)27(20-24(5)33)28(32)15-18-37-29(34)19-23(3)4/h7-9,11-15,18-19,27-28H,10,16-17,20-21H2,1-6H3/b18-15+/t27-,28-,32-/m0/s1. The van der Waals surface area contributed by atoms with Crippen LogP contribution in [0, 0.1) is 17.3 Å². The third-order valence-electron chi connectivity index (χ3n) is 6.73. The molecule has 0 amide bonds. The van der Waals surface area contributed by atoms with Crippen molar-refractivity contribution in [3.63, 3.8) is 0 Å². The quantitative estimate of drug-likeness (QED) is 0.139. The van der Waals surface area contributed by atoms with E-state index >= 15 is 0 Å². The van der Waals surface area contributed by atoms with Crippen LogP contribution in [-0.4, -0.2) is 30.1 Å². The first-order valence-corrected chi connectivity index (χ1v) is 13.0. The molecule has 1 aromatic carbocycles. The van der Waals surface area contributed by atoms with E-state index in [4.69, 9.17) is 9.47 Å². The van der Waals surface area contributed by atoms with Crippen LogP contribution in [-0.2, 0) is 23.9 Å². The van der Waals surface area contributed by atoms with Crippen LogP contribution in [0.25, 0.3) is 0 Å². The maximum atomic E-state index is 13.8. The second-order valence-corrected chi connectivity index (χ2v) is 10.7. The Bertz CT molecular complexity index is 1130. The van der Waals surface area contributed by atoms with E-state index in [1.54, 1.807) is 50.3 Å². The molecule has 0 spiro atoms. The van der Waals surface area contributed by atoms with E-state index in [1.807, 2.05) is 19.9 Å². The maximum Gasteiger partial charge on any atom is 0.338 e. The highest BCUT2D eigenvalue weighted by Gasteiger charge is 2.43. The van der Waals surface area contributed by atoms with Crippen molar-refractivity contribution in [2.75, 3.05) is 6.61 Å². The van der Waals surface area contributed by atoms with Gasteiger partial charge in [0.25, 0.3) is 0 Å². The Morgan fingerprint density at radius 3 is 2.32 bits per heavy atom. The summed E-state index contributed by atoms with van der Waals surface area (Å²) in [6.45, 7) is 11.1. The largest absolute Gasteiger partial charge is 0.457 e.